The zero-order chi connectivity index (χ0) is 22.7. The summed E-state index contributed by atoms with van der Waals surface area (Å²) in [6, 6.07) is 3.50. The molecule has 170 valence electrons. The topological polar surface area (TPSA) is 91.7 Å². The first kappa shape index (κ1) is 22.1. The third kappa shape index (κ3) is 4.29. The Bertz CT molecular complexity index is 1200. The fraction of sp³-hybridized carbons (Fsp3) is 0.435. The number of amides is 1. The normalized spacial score (nSPS) is 13.0. The van der Waals surface area contributed by atoms with Crippen LogP contribution in [0.5, 0.6) is 17.2 Å². The molecule has 0 aliphatic heterocycles. The summed E-state index contributed by atoms with van der Waals surface area (Å²) in [5.41, 5.74) is 1.88. The molecule has 0 fully saturated rings. The molecule has 9 heteroatoms. The van der Waals surface area contributed by atoms with Crippen LogP contribution in [0.25, 0.3) is 10.2 Å². The number of aryl methyl sites for hydroxylation is 3. The predicted molar refractivity (Wildman–Crippen MR) is 123 cm³/mol. The molecule has 0 atom stereocenters. The number of methoxy groups -OCH3 is 3. The van der Waals surface area contributed by atoms with Gasteiger partial charge in [-0.1, -0.05) is 0 Å². The Morgan fingerprint density at radius 2 is 1.81 bits per heavy atom. The van der Waals surface area contributed by atoms with Crippen molar-refractivity contribution in [1.82, 2.24) is 14.9 Å². The van der Waals surface area contributed by atoms with Gasteiger partial charge in [-0.05, 0) is 37.3 Å². The van der Waals surface area contributed by atoms with E-state index < -0.39 is 0 Å². The maximum absolute atomic E-state index is 13.0. The van der Waals surface area contributed by atoms with Gasteiger partial charge in [0.05, 0.1) is 33.0 Å². The van der Waals surface area contributed by atoms with Crippen LogP contribution in [0.1, 0.15) is 35.3 Å². The number of benzene rings is 1. The van der Waals surface area contributed by atoms with Crippen molar-refractivity contribution < 1.29 is 19.0 Å². The quantitative estimate of drug-likeness (QED) is 0.559. The van der Waals surface area contributed by atoms with Crippen molar-refractivity contribution in [1.29, 1.82) is 0 Å². The zero-order valence-electron chi connectivity index (χ0n) is 18.5. The summed E-state index contributed by atoms with van der Waals surface area (Å²) in [6.45, 7) is 0.549. The summed E-state index contributed by atoms with van der Waals surface area (Å²) in [4.78, 5) is 32.1. The van der Waals surface area contributed by atoms with Crippen LogP contribution in [0.2, 0.25) is 0 Å². The highest BCUT2D eigenvalue weighted by atomic mass is 32.1. The molecule has 1 amide bonds. The van der Waals surface area contributed by atoms with Gasteiger partial charge in [-0.25, -0.2) is 4.98 Å². The first-order valence-corrected chi connectivity index (χ1v) is 11.4. The van der Waals surface area contributed by atoms with Crippen LogP contribution in [-0.4, -0.2) is 36.8 Å². The minimum atomic E-state index is -0.166. The molecule has 32 heavy (non-hydrogen) atoms. The third-order valence-corrected chi connectivity index (χ3v) is 6.98. The second kappa shape index (κ2) is 9.60. The highest BCUT2D eigenvalue weighted by Crippen LogP contribution is 2.35. The van der Waals surface area contributed by atoms with E-state index >= 15 is 0 Å². The van der Waals surface area contributed by atoms with Crippen molar-refractivity contribution in [2.45, 2.75) is 45.2 Å². The summed E-state index contributed by atoms with van der Waals surface area (Å²) in [7, 11) is 4.67. The Kier molecular flexibility index (Phi) is 6.64. The summed E-state index contributed by atoms with van der Waals surface area (Å²) in [6.07, 6.45) is 5.96. The van der Waals surface area contributed by atoms with Crippen LogP contribution in [0.4, 0.5) is 0 Å². The predicted octanol–water partition coefficient (Wildman–Crippen LogP) is 3.07. The van der Waals surface area contributed by atoms with E-state index in [4.69, 9.17) is 14.2 Å². The average molecular weight is 458 g/mol. The molecule has 0 spiro atoms. The largest absolute Gasteiger partial charge is 0.496 e. The van der Waals surface area contributed by atoms with Gasteiger partial charge in [-0.15, -0.1) is 11.3 Å². The fourth-order valence-corrected chi connectivity index (χ4v) is 5.29. The third-order valence-electron chi connectivity index (χ3n) is 5.78. The van der Waals surface area contributed by atoms with Gasteiger partial charge in [0.2, 0.25) is 5.91 Å². The van der Waals surface area contributed by atoms with Gasteiger partial charge in [0, 0.05) is 36.0 Å². The summed E-state index contributed by atoms with van der Waals surface area (Å²) >= 11 is 1.63. The monoisotopic (exact) mass is 457 g/mol. The van der Waals surface area contributed by atoms with Crippen LogP contribution < -0.4 is 25.1 Å². The number of hydrogen-bond acceptors (Lipinski definition) is 7. The standard InChI is InChI=1S/C23H27N3O5S/c1-29-16-11-18(31-3)17(30-2)10-14(16)12-24-20(27)8-9-26-13-25-22-21(23(26)28)15-6-4-5-7-19(15)32-22/h10-11,13H,4-9,12H2,1-3H3,(H,24,27). The molecule has 0 saturated heterocycles. The molecule has 0 unspecified atom stereocenters. The lowest BCUT2D eigenvalue weighted by Gasteiger charge is -2.14. The molecular formula is C23H27N3O5S. The molecule has 8 nitrogen and oxygen atoms in total. The molecule has 4 rings (SSSR count). The molecule has 0 saturated carbocycles. The number of rotatable bonds is 8. The molecular weight excluding hydrogens is 430 g/mol. The fourth-order valence-electron chi connectivity index (χ4n) is 4.08. The Morgan fingerprint density at radius 3 is 2.56 bits per heavy atom. The molecule has 2 heterocycles. The lowest BCUT2D eigenvalue weighted by molar-refractivity contribution is -0.121. The second-order valence-corrected chi connectivity index (χ2v) is 8.76. The van der Waals surface area contributed by atoms with Gasteiger partial charge in [0.1, 0.15) is 10.6 Å². The van der Waals surface area contributed by atoms with Gasteiger partial charge < -0.3 is 19.5 Å². The van der Waals surface area contributed by atoms with Crippen molar-refractivity contribution in [2.24, 2.45) is 0 Å². The second-order valence-electron chi connectivity index (χ2n) is 7.68. The van der Waals surface area contributed by atoms with Gasteiger partial charge >= 0.3 is 0 Å². The highest BCUT2D eigenvalue weighted by Gasteiger charge is 2.20. The number of aromatic nitrogens is 2. The number of nitrogens with zero attached hydrogens (tertiary/aromatic N) is 2. The Morgan fingerprint density at radius 1 is 1.09 bits per heavy atom. The van der Waals surface area contributed by atoms with Crippen LogP contribution >= 0.6 is 11.3 Å². The number of thiophene rings is 1. The van der Waals surface area contributed by atoms with Crippen molar-refractivity contribution in [3.8, 4) is 17.2 Å². The van der Waals surface area contributed by atoms with Gasteiger partial charge in [0.15, 0.2) is 11.5 Å². The molecule has 1 aliphatic carbocycles. The summed E-state index contributed by atoms with van der Waals surface area (Å²) in [5.74, 6) is 1.54. The van der Waals surface area contributed by atoms with Crippen LogP contribution in [0.3, 0.4) is 0 Å². The molecule has 1 aromatic carbocycles. The molecule has 2 aromatic heterocycles. The van der Waals surface area contributed by atoms with E-state index in [1.165, 1.54) is 11.3 Å². The number of ether oxygens (including phenoxy) is 3. The lowest BCUT2D eigenvalue weighted by atomic mass is 9.97. The van der Waals surface area contributed by atoms with E-state index in [1.54, 1.807) is 55.7 Å². The number of hydrogen-bond donors (Lipinski definition) is 1. The van der Waals surface area contributed by atoms with Crippen molar-refractivity contribution in [2.75, 3.05) is 21.3 Å². The smallest absolute Gasteiger partial charge is 0.262 e. The Labute approximate surface area is 190 Å². The van der Waals surface area contributed by atoms with E-state index in [2.05, 4.69) is 10.3 Å². The zero-order valence-corrected chi connectivity index (χ0v) is 19.3. The van der Waals surface area contributed by atoms with Crippen molar-refractivity contribution in [3.05, 3.63) is 44.8 Å². The number of carbonyl (C=O) groups is 1. The molecule has 1 N–H and O–H groups in total. The summed E-state index contributed by atoms with van der Waals surface area (Å²) in [5, 5.41) is 3.62. The van der Waals surface area contributed by atoms with E-state index in [1.807, 2.05) is 0 Å². The molecule has 1 aliphatic rings. The van der Waals surface area contributed by atoms with Crippen LogP contribution in [0, 0.1) is 0 Å². The van der Waals surface area contributed by atoms with E-state index in [0.717, 1.165) is 40.6 Å². The van der Waals surface area contributed by atoms with E-state index in [-0.39, 0.29) is 31.0 Å². The summed E-state index contributed by atoms with van der Waals surface area (Å²) < 4.78 is 17.6. The first-order chi connectivity index (χ1) is 15.5. The van der Waals surface area contributed by atoms with Crippen LogP contribution in [0.15, 0.2) is 23.3 Å². The Hall–Kier alpha value is -3.07. The maximum atomic E-state index is 13.0. The molecule has 0 radical (unpaired) electrons. The minimum Gasteiger partial charge on any atom is -0.496 e. The highest BCUT2D eigenvalue weighted by molar-refractivity contribution is 7.18. The van der Waals surface area contributed by atoms with Crippen molar-refractivity contribution >= 4 is 27.5 Å². The maximum Gasteiger partial charge on any atom is 0.262 e. The van der Waals surface area contributed by atoms with E-state index in [0.29, 0.717) is 17.2 Å². The first-order valence-electron chi connectivity index (χ1n) is 10.6. The number of carbonyl (C=O) groups excluding carboxylic acids is 1. The average Bonchev–Trinajstić information content (AvgIpc) is 3.21. The van der Waals surface area contributed by atoms with E-state index in [9.17, 15) is 9.59 Å². The number of nitrogens with one attached hydrogen (secondary N) is 1. The Balaban J connectivity index is 1.43. The van der Waals surface area contributed by atoms with Gasteiger partial charge in [-0.3, -0.25) is 14.2 Å². The number of fused-ring (bicyclic) bond motifs is 3. The minimum absolute atomic E-state index is 0.0521. The van der Waals surface area contributed by atoms with Gasteiger partial charge in [0.25, 0.3) is 5.56 Å². The molecule has 0 bridgehead atoms. The lowest BCUT2D eigenvalue weighted by Crippen LogP contribution is -2.27. The van der Waals surface area contributed by atoms with Crippen molar-refractivity contribution in [3.63, 3.8) is 0 Å². The van der Waals surface area contributed by atoms with Crippen LogP contribution in [-0.2, 0) is 30.7 Å². The molecule has 3 aromatic rings. The van der Waals surface area contributed by atoms with Gasteiger partial charge in [-0.2, -0.15) is 0 Å². The SMILES string of the molecule is COc1cc(OC)c(OC)cc1CNC(=O)CCn1cnc2sc3c(c2c1=O)CCCC3.